The molecule has 4 nitrogen and oxygen atoms in total. The summed E-state index contributed by atoms with van der Waals surface area (Å²) in [6, 6.07) is 8.14. The number of aromatic nitrogens is 2. The van der Waals surface area contributed by atoms with Gasteiger partial charge < -0.3 is 14.9 Å². The lowest BCUT2D eigenvalue weighted by Gasteiger charge is -2.06. The van der Waals surface area contributed by atoms with Crippen LogP contribution in [0.25, 0.3) is 16.9 Å². The number of methoxy groups -OCH3 is 1. The number of aryl methyl sites for hydroxylation is 3. The summed E-state index contributed by atoms with van der Waals surface area (Å²) in [5.41, 5.74) is 13.0. The molecule has 0 aliphatic rings. The molecule has 2 heterocycles. The zero-order chi connectivity index (χ0) is 15.1. The number of hydrogen-bond donors (Lipinski definition) is 1. The number of pyridine rings is 1. The lowest BCUT2D eigenvalue weighted by Crippen LogP contribution is -1.95. The molecule has 3 aromatic rings. The predicted octanol–water partition coefficient (Wildman–Crippen LogP) is 3.52. The average molecular weight is 281 g/mol. The van der Waals surface area contributed by atoms with Crippen LogP contribution < -0.4 is 10.5 Å². The van der Waals surface area contributed by atoms with Gasteiger partial charge in [-0.15, -0.1) is 0 Å². The molecule has 3 rings (SSSR count). The Morgan fingerprint density at radius 2 is 1.86 bits per heavy atom. The summed E-state index contributed by atoms with van der Waals surface area (Å²) >= 11 is 0. The van der Waals surface area contributed by atoms with Crippen LogP contribution >= 0.6 is 0 Å². The van der Waals surface area contributed by atoms with Crippen LogP contribution in [0.2, 0.25) is 0 Å². The normalized spacial score (nSPS) is 11.0. The van der Waals surface area contributed by atoms with E-state index in [1.807, 2.05) is 42.6 Å². The smallest absolute Gasteiger partial charge is 0.138 e. The largest absolute Gasteiger partial charge is 0.496 e. The highest BCUT2D eigenvalue weighted by Crippen LogP contribution is 2.29. The fourth-order valence-corrected chi connectivity index (χ4v) is 2.62. The second-order valence-electron chi connectivity index (χ2n) is 5.37. The van der Waals surface area contributed by atoms with E-state index in [0.29, 0.717) is 0 Å². The number of ether oxygens (including phenoxy) is 1. The van der Waals surface area contributed by atoms with Gasteiger partial charge in [0.15, 0.2) is 0 Å². The molecule has 108 valence electrons. The summed E-state index contributed by atoms with van der Waals surface area (Å²) < 4.78 is 7.35. The topological polar surface area (TPSA) is 52.5 Å². The average Bonchev–Trinajstić information content (AvgIpc) is 2.76. The van der Waals surface area contributed by atoms with Crippen molar-refractivity contribution in [2.75, 3.05) is 12.8 Å². The molecule has 0 unspecified atom stereocenters. The summed E-state index contributed by atoms with van der Waals surface area (Å²) in [4.78, 5) is 4.75. The number of imidazole rings is 1. The Labute approximate surface area is 124 Å². The quantitative estimate of drug-likeness (QED) is 0.782. The molecule has 0 aliphatic heterocycles. The van der Waals surface area contributed by atoms with Gasteiger partial charge in [-0.3, -0.25) is 0 Å². The molecule has 21 heavy (non-hydrogen) atoms. The van der Waals surface area contributed by atoms with E-state index in [1.54, 1.807) is 7.11 Å². The maximum absolute atomic E-state index is 6.00. The molecular weight excluding hydrogens is 262 g/mol. The van der Waals surface area contributed by atoms with Gasteiger partial charge in [-0.1, -0.05) is 0 Å². The molecule has 0 aliphatic carbocycles. The van der Waals surface area contributed by atoms with Crippen molar-refractivity contribution in [3.05, 3.63) is 47.3 Å². The van der Waals surface area contributed by atoms with Crippen molar-refractivity contribution in [3.8, 4) is 17.0 Å². The van der Waals surface area contributed by atoms with Gasteiger partial charge in [0, 0.05) is 17.5 Å². The van der Waals surface area contributed by atoms with Crippen molar-refractivity contribution in [3.63, 3.8) is 0 Å². The minimum atomic E-state index is 0.778. The Morgan fingerprint density at radius 1 is 1.10 bits per heavy atom. The molecule has 0 amide bonds. The third-order valence-electron chi connectivity index (χ3n) is 3.91. The first kappa shape index (κ1) is 13.5. The molecule has 0 fully saturated rings. The van der Waals surface area contributed by atoms with Gasteiger partial charge in [0.25, 0.3) is 0 Å². The van der Waals surface area contributed by atoms with E-state index in [2.05, 4.69) is 13.0 Å². The molecule has 1 aromatic carbocycles. The number of fused-ring (bicyclic) bond motifs is 1. The fourth-order valence-electron chi connectivity index (χ4n) is 2.62. The zero-order valence-electron chi connectivity index (χ0n) is 12.8. The summed E-state index contributed by atoms with van der Waals surface area (Å²) in [5.74, 6) is 0.889. The molecule has 0 bridgehead atoms. The van der Waals surface area contributed by atoms with E-state index in [0.717, 1.165) is 45.2 Å². The van der Waals surface area contributed by atoms with E-state index in [1.165, 1.54) is 0 Å². The van der Waals surface area contributed by atoms with Gasteiger partial charge in [0.05, 0.1) is 18.5 Å². The van der Waals surface area contributed by atoms with Gasteiger partial charge in [0.1, 0.15) is 11.4 Å². The number of benzene rings is 1. The monoisotopic (exact) mass is 281 g/mol. The lowest BCUT2D eigenvalue weighted by atomic mass is 10.1. The summed E-state index contributed by atoms with van der Waals surface area (Å²) in [6.45, 7) is 6.09. The maximum Gasteiger partial charge on any atom is 0.138 e. The van der Waals surface area contributed by atoms with Crippen LogP contribution in [0.15, 0.2) is 30.5 Å². The van der Waals surface area contributed by atoms with Crippen LogP contribution in [0.5, 0.6) is 5.75 Å². The first-order valence-electron chi connectivity index (χ1n) is 6.91. The van der Waals surface area contributed by atoms with E-state index < -0.39 is 0 Å². The Morgan fingerprint density at radius 3 is 2.52 bits per heavy atom. The zero-order valence-corrected chi connectivity index (χ0v) is 12.8. The maximum atomic E-state index is 6.00. The SMILES string of the molecule is COc1ccc(-c2nc3cc(C)c(N)cn3c2C)cc1C. The van der Waals surface area contributed by atoms with Crippen LogP contribution in [-0.2, 0) is 0 Å². The van der Waals surface area contributed by atoms with Gasteiger partial charge >= 0.3 is 0 Å². The fraction of sp³-hybridized carbons (Fsp3) is 0.235. The van der Waals surface area contributed by atoms with Crippen molar-refractivity contribution in [2.45, 2.75) is 20.8 Å². The highest BCUT2D eigenvalue weighted by molar-refractivity contribution is 5.69. The minimum Gasteiger partial charge on any atom is -0.496 e. The van der Waals surface area contributed by atoms with Crippen molar-refractivity contribution < 1.29 is 4.74 Å². The standard InChI is InChI=1S/C17H19N3O/c1-10-8-16-19-17(12(3)20(16)9-14(10)18)13-5-6-15(21-4)11(2)7-13/h5-9H,18H2,1-4H3. The van der Waals surface area contributed by atoms with E-state index in [-0.39, 0.29) is 0 Å². The van der Waals surface area contributed by atoms with Crippen LogP contribution in [-0.4, -0.2) is 16.5 Å². The number of nitrogen functional groups attached to an aromatic ring is 1. The highest BCUT2D eigenvalue weighted by Gasteiger charge is 2.12. The first-order chi connectivity index (χ1) is 10.0. The Hall–Kier alpha value is -2.49. The van der Waals surface area contributed by atoms with Gasteiger partial charge in [-0.25, -0.2) is 4.98 Å². The molecule has 0 spiro atoms. The highest BCUT2D eigenvalue weighted by atomic mass is 16.5. The Bertz CT molecular complexity index is 834. The van der Waals surface area contributed by atoms with E-state index >= 15 is 0 Å². The number of rotatable bonds is 2. The Kier molecular flexibility index (Phi) is 3.09. The minimum absolute atomic E-state index is 0.778. The number of nitrogens with two attached hydrogens (primary N) is 1. The summed E-state index contributed by atoms with van der Waals surface area (Å²) in [7, 11) is 1.68. The molecule has 4 heteroatoms. The van der Waals surface area contributed by atoms with Gasteiger partial charge in [-0.2, -0.15) is 0 Å². The molecular formula is C17H19N3O. The van der Waals surface area contributed by atoms with E-state index in [9.17, 15) is 0 Å². The van der Waals surface area contributed by atoms with Crippen LogP contribution in [0.1, 0.15) is 16.8 Å². The molecule has 0 radical (unpaired) electrons. The molecule has 0 atom stereocenters. The second kappa shape index (κ2) is 4.81. The van der Waals surface area contributed by atoms with Crippen LogP contribution in [0, 0.1) is 20.8 Å². The number of hydrogen-bond acceptors (Lipinski definition) is 3. The molecule has 0 saturated carbocycles. The van der Waals surface area contributed by atoms with Gasteiger partial charge in [-0.05, 0) is 56.2 Å². The first-order valence-corrected chi connectivity index (χ1v) is 6.91. The Balaban J connectivity index is 2.21. The van der Waals surface area contributed by atoms with Crippen molar-refractivity contribution >= 4 is 11.3 Å². The third-order valence-corrected chi connectivity index (χ3v) is 3.91. The molecule has 2 aromatic heterocycles. The van der Waals surface area contributed by atoms with E-state index in [4.69, 9.17) is 15.5 Å². The number of nitrogens with zero attached hydrogens (tertiary/aromatic N) is 2. The summed E-state index contributed by atoms with van der Waals surface area (Å²) in [6.07, 6.45) is 1.94. The third kappa shape index (κ3) is 2.13. The number of anilines is 1. The van der Waals surface area contributed by atoms with Gasteiger partial charge in [0.2, 0.25) is 0 Å². The lowest BCUT2D eigenvalue weighted by molar-refractivity contribution is 0.412. The summed E-state index contributed by atoms with van der Waals surface area (Å²) in [5, 5.41) is 0. The van der Waals surface area contributed by atoms with Crippen LogP contribution in [0.4, 0.5) is 5.69 Å². The van der Waals surface area contributed by atoms with Crippen molar-refractivity contribution in [1.29, 1.82) is 0 Å². The van der Waals surface area contributed by atoms with Crippen molar-refractivity contribution in [2.24, 2.45) is 0 Å². The van der Waals surface area contributed by atoms with Crippen LogP contribution in [0.3, 0.4) is 0 Å². The molecule has 2 N–H and O–H groups in total. The second-order valence-corrected chi connectivity index (χ2v) is 5.37. The molecule has 0 saturated heterocycles. The predicted molar refractivity (Wildman–Crippen MR) is 85.8 cm³/mol. The van der Waals surface area contributed by atoms with Crippen molar-refractivity contribution in [1.82, 2.24) is 9.38 Å².